The van der Waals surface area contributed by atoms with E-state index in [4.69, 9.17) is 4.74 Å². The molecular formula is C24H26N2O4S. The summed E-state index contributed by atoms with van der Waals surface area (Å²) in [7, 11) is -2.20. The molecule has 0 saturated heterocycles. The first-order valence-electron chi connectivity index (χ1n) is 9.99. The third kappa shape index (κ3) is 5.86. The molecule has 0 saturated carbocycles. The van der Waals surface area contributed by atoms with E-state index >= 15 is 0 Å². The Bertz CT molecular complexity index is 1110. The van der Waals surface area contributed by atoms with Crippen molar-refractivity contribution in [3.05, 3.63) is 90.0 Å². The van der Waals surface area contributed by atoms with E-state index in [1.54, 1.807) is 24.3 Å². The number of aryl methyl sites for hydroxylation is 1. The van der Waals surface area contributed by atoms with E-state index < -0.39 is 10.0 Å². The first kappa shape index (κ1) is 22.4. The minimum Gasteiger partial charge on any atom is -0.494 e. The fourth-order valence-corrected chi connectivity index (χ4v) is 4.18. The second kappa shape index (κ2) is 10.1. The first-order chi connectivity index (χ1) is 14.9. The van der Waals surface area contributed by atoms with Crippen LogP contribution in [0.15, 0.2) is 83.8 Å². The van der Waals surface area contributed by atoms with Gasteiger partial charge in [-0.1, -0.05) is 30.3 Å². The molecule has 31 heavy (non-hydrogen) atoms. The zero-order valence-electron chi connectivity index (χ0n) is 17.6. The van der Waals surface area contributed by atoms with Crippen molar-refractivity contribution in [3.63, 3.8) is 0 Å². The standard InChI is InChI=1S/C24H26N2O4S/c1-19-8-6-11-22(18-19)30-17-7-16-25-24(27)20-12-14-23(15-13-20)31(28,29)26(2)21-9-4-3-5-10-21/h3-6,8-15,18H,7,16-17H2,1-2H3,(H,25,27). The normalized spacial score (nSPS) is 11.0. The highest BCUT2D eigenvalue weighted by molar-refractivity contribution is 7.92. The smallest absolute Gasteiger partial charge is 0.264 e. The Morgan fingerprint density at radius 1 is 0.968 bits per heavy atom. The van der Waals surface area contributed by atoms with E-state index in [0.29, 0.717) is 30.8 Å². The van der Waals surface area contributed by atoms with Gasteiger partial charge in [-0.15, -0.1) is 0 Å². The Balaban J connectivity index is 1.51. The summed E-state index contributed by atoms with van der Waals surface area (Å²) in [6, 6.07) is 22.6. The SMILES string of the molecule is Cc1cccc(OCCCNC(=O)c2ccc(S(=O)(=O)N(C)c3ccccc3)cc2)c1. The number of carbonyl (C=O) groups is 1. The molecule has 0 aliphatic heterocycles. The fraction of sp³-hybridized carbons (Fsp3) is 0.208. The van der Waals surface area contributed by atoms with Crippen LogP contribution in [0.25, 0.3) is 0 Å². The molecule has 162 valence electrons. The van der Waals surface area contributed by atoms with Gasteiger partial charge in [0, 0.05) is 19.2 Å². The molecule has 0 spiro atoms. The zero-order valence-corrected chi connectivity index (χ0v) is 18.4. The van der Waals surface area contributed by atoms with Crippen molar-refractivity contribution in [2.45, 2.75) is 18.2 Å². The topological polar surface area (TPSA) is 75.7 Å². The number of sulfonamides is 1. The summed E-state index contributed by atoms with van der Waals surface area (Å²) in [5, 5.41) is 2.82. The lowest BCUT2D eigenvalue weighted by molar-refractivity contribution is 0.0951. The van der Waals surface area contributed by atoms with Gasteiger partial charge >= 0.3 is 0 Å². The van der Waals surface area contributed by atoms with Crippen LogP contribution in [-0.4, -0.2) is 34.5 Å². The van der Waals surface area contributed by atoms with Crippen LogP contribution in [0.1, 0.15) is 22.3 Å². The van der Waals surface area contributed by atoms with E-state index in [9.17, 15) is 13.2 Å². The van der Waals surface area contributed by atoms with Crippen molar-refractivity contribution in [1.29, 1.82) is 0 Å². The van der Waals surface area contributed by atoms with Gasteiger partial charge in [0.2, 0.25) is 0 Å². The van der Waals surface area contributed by atoms with Crippen LogP contribution < -0.4 is 14.4 Å². The summed E-state index contributed by atoms with van der Waals surface area (Å²) in [5.74, 6) is 0.555. The lowest BCUT2D eigenvalue weighted by Gasteiger charge is -2.19. The molecule has 0 aromatic heterocycles. The molecule has 0 unspecified atom stereocenters. The predicted octanol–water partition coefficient (Wildman–Crippen LogP) is 4.02. The fourth-order valence-electron chi connectivity index (χ4n) is 2.98. The molecule has 0 atom stereocenters. The molecule has 7 heteroatoms. The molecule has 3 aromatic carbocycles. The number of nitrogens with one attached hydrogen (secondary N) is 1. The van der Waals surface area contributed by atoms with E-state index in [0.717, 1.165) is 11.3 Å². The van der Waals surface area contributed by atoms with Crippen molar-refractivity contribution in [2.24, 2.45) is 0 Å². The number of benzene rings is 3. The number of hydrogen-bond acceptors (Lipinski definition) is 4. The van der Waals surface area contributed by atoms with Crippen molar-refractivity contribution in [3.8, 4) is 5.75 Å². The maximum atomic E-state index is 12.8. The van der Waals surface area contributed by atoms with Crippen LogP contribution >= 0.6 is 0 Å². The third-order valence-corrected chi connectivity index (χ3v) is 6.56. The molecule has 3 rings (SSSR count). The number of carbonyl (C=O) groups excluding carboxylic acids is 1. The second-order valence-electron chi connectivity index (χ2n) is 7.11. The van der Waals surface area contributed by atoms with Crippen LogP contribution in [0.3, 0.4) is 0 Å². The number of para-hydroxylation sites is 1. The lowest BCUT2D eigenvalue weighted by Crippen LogP contribution is -2.27. The van der Waals surface area contributed by atoms with Crippen molar-refractivity contribution in [2.75, 3.05) is 24.5 Å². The maximum absolute atomic E-state index is 12.8. The lowest BCUT2D eigenvalue weighted by atomic mass is 10.2. The van der Waals surface area contributed by atoms with E-state index in [1.165, 1.54) is 35.6 Å². The highest BCUT2D eigenvalue weighted by Crippen LogP contribution is 2.22. The van der Waals surface area contributed by atoms with Gasteiger partial charge in [-0.05, 0) is 67.4 Å². The number of amides is 1. The summed E-state index contributed by atoms with van der Waals surface area (Å²) < 4.78 is 32.5. The van der Waals surface area contributed by atoms with Crippen LogP contribution in [0, 0.1) is 6.92 Å². The highest BCUT2D eigenvalue weighted by Gasteiger charge is 2.21. The van der Waals surface area contributed by atoms with Gasteiger partial charge < -0.3 is 10.1 Å². The first-order valence-corrected chi connectivity index (χ1v) is 11.4. The Morgan fingerprint density at radius 2 is 1.68 bits per heavy atom. The largest absolute Gasteiger partial charge is 0.494 e. The molecule has 6 nitrogen and oxygen atoms in total. The Labute approximate surface area is 183 Å². The zero-order chi connectivity index (χ0) is 22.3. The van der Waals surface area contributed by atoms with Crippen molar-refractivity contribution >= 4 is 21.6 Å². The van der Waals surface area contributed by atoms with Gasteiger partial charge in [0.05, 0.1) is 17.2 Å². The Hall–Kier alpha value is -3.32. The predicted molar refractivity (Wildman–Crippen MR) is 122 cm³/mol. The number of nitrogens with zero attached hydrogens (tertiary/aromatic N) is 1. The second-order valence-corrected chi connectivity index (χ2v) is 9.08. The van der Waals surface area contributed by atoms with Crippen molar-refractivity contribution in [1.82, 2.24) is 5.32 Å². The molecule has 1 N–H and O–H groups in total. The van der Waals surface area contributed by atoms with Crippen LogP contribution in [0.5, 0.6) is 5.75 Å². The number of rotatable bonds is 9. The number of ether oxygens (including phenoxy) is 1. The van der Waals surface area contributed by atoms with Gasteiger partial charge in [-0.25, -0.2) is 8.42 Å². The molecular weight excluding hydrogens is 412 g/mol. The molecule has 0 fully saturated rings. The summed E-state index contributed by atoms with van der Waals surface area (Å²) in [4.78, 5) is 12.5. The van der Waals surface area contributed by atoms with Crippen LogP contribution in [0.4, 0.5) is 5.69 Å². The summed E-state index contributed by atoms with van der Waals surface area (Å²) in [5.41, 5.74) is 2.10. The monoisotopic (exact) mass is 438 g/mol. The molecule has 0 aliphatic rings. The molecule has 0 radical (unpaired) electrons. The van der Waals surface area contributed by atoms with E-state index in [2.05, 4.69) is 5.32 Å². The summed E-state index contributed by atoms with van der Waals surface area (Å²) in [6.07, 6.45) is 0.661. The Kier molecular flexibility index (Phi) is 7.31. The maximum Gasteiger partial charge on any atom is 0.264 e. The van der Waals surface area contributed by atoms with Crippen LogP contribution in [-0.2, 0) is 10.0 Å². The van der Waals surface area contributed by atoms with Gasteiger partial charge in [-0.2, -0.15) is 0 Å². The van der Waals surface area contributed by atoms with Gasteiger partial charge in [0.25, 0.3) is 15.9 Å². The number of hydrogen-bond donors (Lipinski definition) is 1. The van der Waals surface area contributed by atoms with Gasteiger partial charge in [0.15, 0.2) is 0 Å². The average Bonchev–Trinajstić information content (AvgIpc) is 2.79. The Morgan fingerprint density at radius 3 is 2.35 bits per heavy atom. The molecule has 0 bridgehead atoms. The number of anilines is 1. The van der Waals surface area contributed by atoms with Gasteiger partial charge in [0.1, 0.15) is 5.75 Å². The summed E-state index contributed by atoms with van der Waals surface area (Å²) in [6.45, 7) is 2.96. The molecule has 0 heterocycles. The molecule has 0 aliphatic carbocycles. The quantitative estimate of drug-likeness (QED) is 0.512. The third-order valence-electron chi connectivity index (χ3n) is 4.76. The summed E-state index contributed by atoms with van der Waals surface area (Å²) >= 11 is 0. The molecule has 3 aromatic rings. The minimum atomic E-state index is -3.70. The minimum absolute atomic E-state index is 0.127. The highest BCUT2D eigenvalue weighted by atomic mass is 32.2. The average molecular weight is 439 g/mol. The van der Waals surface area contributed by atoms with Crippen molar-refractivity contribution < 1.29 is 17.9 Å². The van der Waals surface area contributed by atoms with Crippen LogP contribution in [0.2, 0.25) is 0 Å². The van der Waals surface area contributed by atoms with E-state index in [-0.39, 0.29) is 10.8 Å². The van der Waals surface area contributed by atoms with E-state index in [1.807, 2.05) is 37.3 Å². The molecule has 1 amide bonds. The van der Waals surface area contributed by atoms with Gasteiger partial charge in [-0.3, -0.25) is 9.10 Å².